The van der Waals surface area contributed by atoms with Crippen molar-refractivity contribution in [2.75, 3.05) is 0 Å². The summed E-state index contributed by atoms with van der Waals surface area (Å²) in [6.07, 6.45) is 0. The van der Waals surface area contributed by atoms with Gasteiger partial charge in [-0.05, 0) is 36.1 Å². The molecule has 17 heavy (non-hydrogen) atoms. The molecule has 1 unspecified atom stereocenters. The summed E-state index contributed by atoms with van der Waals surface area (Å²) in [5.41, 5.74) is 1.86. The molecule has 0 aliphatic rings. The molecule has 0 spiro atoms. The Labute approximate surface area is 105 Å². The number of carbonyl (C=O) groups is 1. The van der Waals surface area contributed by atoms with Crippen LogP contribution in [0.4, 0.5) is 4.39 Å². The fourth-order valence-electron chi connectivity index (χ4n) is 1.52. The van der Waals surface area contributed by atoms with Crippen molar-refractivity contribution in [1.82, 2.24) is 0 Å². The summed E-state index contributed by atoms with van der Waals surface area (Å²) in [4.78, 5) is 11.0. The third-order valence-corrected chi connectivity index (χ3v) is 4.16. The van der Waals surface area contributed by atoms with Gasteiger partial charge in [-0.1, -0.05) is 19.9 Å². The Hall–Kier alpha value is -1.03. The van der Waals surface area contributed by atoms with Gasteiger partial charge in [-0.15, -0.1) is 11.8 Å². The molecule has 0 fully saturated rings. The van der Waals surface area contributed by atoms with Gasteiger partial charge in [0, 0.05) is 5.75 Å². The van der Waals surface area contributed by atoms with Crippen molar-refractivity contribution in [2.45, 2.75) is 31.8 Å². The highest BCUT2D eigenvalue weighted by molar-refractivity contribution is 7.99. The Morgan fingerprint density at radius 1 is 1.47 bits per heavy atom. The van der Waals surface area contributed by atoms with Crippen molar-refractivity contribution in [1.29, 1.82) is 0 Å². The fourth-order valence-corrected chi connectivity index (χ4v) is 2.72. The Morgan fingerprint density at radius 2 is 2.12 bits per heavy atom. The molecule has 0 bridgehead atoms. The molecule has 0 saturated heterocycles. The summed E-state index contributed by atoms with van der Waals surface area (Å²) in [5.74, 6) is -0.494. The summed E-state index contributed by atoms with van der Waals surface area (Å²) >= 11 is 1.35. The number of carboxylic acid groups (broad SMARTS) is 1. The van der Waals surface area contributed by atoms with Gasteiger partial charge >= 0.3 is 5.97 Å². The molecule has 0 aliphatic heterocycles. The molecule has 0 radical (unpaired) electrons. The lowest BCUT2D eigenvalue weighted by Gasteiger charge is -2.16. The van der Waals surface area contributed by atoms with Gasteiger partial charge in [0.25, 0.3) is 0 Å². The number of rotatable bonds is 5. The van der Waals surface area contributed by atoms with E-state index in [-0.39, 0.29) is 11.7 Å². The van der Waals surface area contributed by atoms with Crippen LogP contribution in [-0.2, 0) is 10.5 Å². The van der Waals surface area contributed by atoms with Gasteiger partial charge in [-0.3, -0.25) is 4.79 Å². The molecule has 1 atom stereocenters. The average molecular weight is 256 g/mol. The third kappa shape index (κ3) is 4.04. The summed E-state index contributed by atoms with van der Waals surface area (Å²) in [7, 11) is 0. The molecule has 0 aromatic heterocycles. The minimum Gasteiger partial charge on any atom is -0.480 e. The average Bonchev–Trinajstić information content (AvgIpc) is 2.22. The highest BCUT2D eigenvalue weighted by atomic mass is 32.2. The maximum Gasteiger partial charge on any atom is 0.316 e. The molecule has 94 valence electrons. The van der Waals surface area contributed by atoms with E-state index in [9.17, 15) is 9.18 Å². The first-order chi connectivity index (χ1) is 7.91. The topological polar surface area (TPSA) is 37.3 Å². The largest absolute Gasteiger partial charge is 0.480 e. The van der Waals surface area contributed by atoms with Crippen LogP contribution < -0.4 is 0 Å². The SMILES string of the molecule is Cc1ccc(F)cc1CSC(C(=O)O)C(C)C. The van der Waals surface area contributed by atoms with Crippen LogP contribution >= 0.6 is 11.8 Å². The predicted octanol–water partition coefficient (Wildman–Crippen LogP) is 3.48. The zero-order valence-electron chi connectivity index (χ0n) is 10.2. The number of benzene rings is 1. The lowest BCUT2D eigenvalue weighted by atomic mass is 10.1. The monoisotopic (exact) mass is 256 g/mol. The zero-order valence-corrected chi connectivity index (χ0v) is 11.1. The summed E-state index contributed by atoms with van der Waals surface area (Å²) < 4.78 is 13.1. The summed E-state index contributed by atoms with van der Waals surface area (Å²) in [5, 5.41) is 8.60. The fraction of sp³-hybridized carbons (Fsp3) is 0.462. The van der Waals surface area contributed by atoms with E-state index in [4.69, 9.17) is 5.11 Å². The molecule has 1 aromatic carbocycles. The normalized spacial score (nSPS) is 12.8. The Bertz CT molecular complexity index is 404. The third-order valence-electron chi connectivity index (χ3n) is 2.58. The molecular formula is C13H17FO2S. The maximum absolute atomic E-state index is 13.1. The second-order valence-electron chi connectivity index (χ2n) is 4.38. The number of carboxylic acids is 1. The lowest BCUT2D eigenvalue weighted by molar-refractivity contribution is -0.137. The van der Waals surface area contributed by atoms with Gasteiger partial charge in [-0.25, -0.2) is 4.39 Å². The maximum atomic E-state index is 13.1. The van der Waals surface area contributed by atoms with Crippen molar-refractivity contribution in [3.63, 3.8) is 0 Å². The number of aryl methyl sites for hydroxylation is 1. The molecule has 0 aliphatic carbocycles. The van der Waals surface area contributed by atoms with Crippen LogP contribution in [0.2, 0.25) is 0 Å². The van der Waals surface area contributed by atoms with Crippen LogP contribution in [0.3, 0.4) is 0 Å². The van der Waals surface area contributed by atoms with Gasteiger partial charge in [0.2, 0.25) is 0 Å². The smallest absolute Gasteiger partial charge is 0.316 e. The number of aliphatic carboxylic acids is 1. The van der Waals surface area contributed by atoms with Crippen LogP contribution in [0.5, 0.6) is 0 Å². The van der Waals surface area contributed by atoms with Gasteiger partial charge in [-0.2, -0.15) is 0 Å². The van der Waals surface area contributed by atoms with Crippen LogP contribution in [0.15, 0.2) is 18.2 Å². The van der Waals surface area contributed by atoms with E-state index in [1.54, 1.807) is 6.07 Å². The van der Waals surface area contributed by atoms with Crippen LogP contribution in [0.25, 0.3) is 0 Å². The van der Waals surface area contributed by atoms with Crippen molar-refractivity contribution in [3.8, 4) is 0 Å². The standard InChI is InChI=1S/C13H17FO2S/c1-8(2)12(13(15)16)17-7-10-6-11(14)5-4-9(10)3/h4-6,8,12H,7H2,1-3H3,(H,15,16). The van der Waals surface area contributed by atoms with E-state index in [1.807, 2.05) is 20.8 Å². The quantitative estimate of drug-likeness (QED) is 0.876. The van der Waals surface area contributed by atoms with E-state index >= 15 is 0 Å². The second kappa shape index (κ2) is 6.05. The molecule has 2 nitrogen and oxygen atoms in total. The van der Waals surface area contributed by atoms with Crippen molar-refractivity contribution >= 4 is 17.7 Å². The molecular weight excluding hydrogens is 239 g/mol. The van der Waals surface area contributed by atoms with E-state index in [2.05, 4.69) is 0 Å². The minimum atomic E-state index is -0.806. The van der Waals surface area contributed by atoms with Crippen LogP contribution in [-0.4, -0.2) is 16.3 Å². The van der Waals surface area contributed by atoms with Crippen molar-refractivity contribution in [3.05, 3.63) is 35.1 Å². The molecule has 1 rings (SSSR count). The van der Waals surface area contributed by atoms with E-state index in [0.29, 0.717) is 5.75 Å². The first-order valence-corrected chi connectivity index (χ1v) is 6.56. The highest BCUT2D eigenvalue weighted by Gasteiger charge is 2.21. The van der Waals surface area contributed by atoms with Gasteiger partial charge in [0.05, 0.1) is 0 Å². The Morgan fingerprint density at radius 3 is 2.65 bits per heavy atom. The predicted molar refractivity (Wildman–Crippen MR) is 68.7 cm³/mol. The van der Waals surface area contributed by atoms with Gasteiger partial charge in [0.15, 0.2) is 0 Å². The number of hydrogen-bond acceptors (Lipinski definition) is 2. The van der Waals surface area contributed by atoms with E-state index in [0.717, 1.165) is 11.1 Å². The van der Waals surface area contributed by atoms with Gasteiger partial charge in [0.1, 0.15) is 11.1 Å². The van der Waals surface area contributed by atoms with Gasteiger partial charge < -0.3 is 5.11 Å². The second-order valence-corrected chi connectivity index (χ2v) is 5.51. The molecule has 1 aromatic rings. The Kier molecular flexibility index (Phi) is 5.00. The molecule has 1 N–H and O–H groups in total. The molecule has 0 heterocycles. The van der Waals surface area contributed by atoms with E-state index < -0.39 is 11.2 Å². The number of hydrogen-bond donors (Lipinski definition) is 1. The highest BCUT2D eigenvalue weighted by Crippen LogP contribution is 2.25. The summed E-state index contributed by atoms with van der Waals surface area (Å²) in [6, 6.07) is 4.61. The first-order valence-electron chi connectivity index (χ1n) is 5.51. The Balaban J connectivity index is 2.72. The van der Waals surface area contributed by atoms with Crippen LogP contribution in [0.1, 0.15) is 25.0 Å². The van der Waals surface area contributed by atoms with Crippen molar-refractivity contribution in [2.24, 2.45) is 5.92 Å². The first kappa shape index (κ1) is 14.0. The zero-order chi connectivity index (χ0) is 13.0. The summed E-state index contributed by atoms with van der Waals surface area (Å²) in [6.45, 7) is 5.66. The molecule has 4 heteroatoms. The molecule has 0 amide bonds. The van der Waals surface area contributed by atoms with Crippen molar-refractivity contribution < 1.29 is 14.3 Å². The lowest BCUT2D eigenvalue weighted by Crippen LogP contribution is -2.22. The number of halogens is 1. The van der Waals surface area contributed by atoms with Crippen LogP contribution in [0, 0.1) is 18.7 Å². The minimum absolute atomic E-state index is 0.0614. The van der Waals surface area contributed by atoms with E-state index in [1.165, 1.54) is 23.9 Å². The molecule has 0 saturated carbocycles. The number of thioether (sulfide) groups is 1.